The highest BCUT2D eigenvalue weighted by molar-refractivity contribution is 4.64. The van der Waals surface area contributed by atoms with Gasteiger partial charge >= 0.3 is 0 Å². The minimum absolute atomic E-state index is 0.583. The van der Waals surface area contributed by atoms with Crippen LogP contribution in [0.5, 0.6) is 0 Å². The molecule has 0 aromatic rings. The summed E-state index contributed by atoms with van der Waals surface area (Å²) in [5.41, 5.74) is 4.91. The Balaban J connectivity index is 0. The van der Waals surface area contributed by atoms with E-state index in [1.165, 1.54) is 0 Å². The van der Waals surface area contributed by atoms with E-state index in [1.807, 2.05) is 0 Å². The van der Waals surface area contributed by atoms with Crippen molar-refractivity contribution < 1.29 is 9.47 Å². The Morgan fingerprint density at radius 1 is 1.30 bits per heavy atom. The van der Waals surface area contributed by atoms with E-state index >= 15 is 0 Å². The molecule has 0 aliphatic rings. The lowest BCUT2D eigenvalue weighted by Crippen LogP contribution is -1.96. The molecule has 0 heterocycles. The first-order valence-electron chi connectivity index (χ1n) is 3.12. The molecule has 0 rings (SSSR count). The average Bonchev–Trinajstić information content (AvgIpc) is 2.01. The zero-order valence-electron chi connectivity index (χ0n) is 6.80. The van der Waals surface area contributed by atoms with Gasteiger partial charge in [-0.25, -0.2) is 0 Å². The Hall–Kier alpha value is -0.380. The summed E-state index contributed by atoms with van der Waals surface area (Å²) in [6.07, 6.45) is 1.65. The van der Waals surface area contributed by atoms with Crippen LogP contribution in [0.25, 0.3) is 0 Å². The van der Waals surface area contributed by atoms with Crippen LogP contribution in [-0.2, 0) is 9.47 Å². The minimum Gasteiger partial charge on any atom is -0.382 e. The first kappa shape index (κ1) is 12.3. The highest BCUT2D eigenvalue weighted by Gasteiger charge is 1.73. The third-order valence-corrected chi connectivity index (χ3v) is 0.658. The molecule has 0 atom stereocenters. The zero-order valence-corrected chi connectivity index (χ0v) is 6.80. The van der Waals surface area contributed by atoms with E-state index in [9.17, 15) is 0 Å². The second-order valence-electron chi connectivity index (χ2n) is 1.51. The van der Waals surface area contributed by atoms with Gasteiger partial charge in [0.2, 0.25) is 0 Å². The summed E-state index contributed by atoms with van der Waals surface area (Å²) in [6, 6.07) is 0. The van der Waals surface area contributed by atoms with Gasteiger partial charge in [0.25, 0.3) is 0 Å². The van der Waals surface area contributed by atoms with Crippen LogP contribution >= 0.6 is 0 Å². The lowest BCUT2D eigenvalue weighted by Gasteiger charge is -1.91. The third-order valence-electron chi connectivity index (χ3n) is 0.658. The van der Waals surface area contributed by atoms with Crippen LogP contribution in [0.3, 0.4) is 0 Å². The lowest BCUT2D eigenvalue weighted by molar-refractivity contribution is 0.103. The Morgan fingerprint density at radius 3 is 1.70 bits per heavy atom. The fraction of sp³-hybridized carbons (Fsp3) is 0.714. The molecule has 0 saturated heterocycles. The van der Waals surface area contributed by atoms with Gasteiger partial charge in [-0.2, -0.15) is 0 Å². The van der Waals surface area contributed by atoms with Crippen LogP contribution in [0.15, 0.2) is 12.7 Å². The van der Waals surface area contributed by atoms with Gasteiger partial charge < -0.3 is 15.2 Å². The Kier molecular flexibility index (Phi) is 19.5. The summed E-state index contributed by atoms with van der Waals surface area (Å²) >= 11 is 0. The Labute approximate surface area is 62.8 Å². The quantitative estimate of drug-likeness (QED) is 0.462. The van der Waals surface area contributed by atoms with Crippen LogP contribution in [-0.4, -0.2) is 34.0 Å². The standard InChI is InChI=1S/C4H10O2.C3H7N/c1-5-3-4-6-2;1-2-3-4/h3-4H2,1-2H3;2H,1,3-4H2. The van der Waals surface area contributed by atoms with Crippen molar-refractivity contribution in [1.82, 2.24) is 0 Å². The van der Waals surface area contributed by atoms with Crippen LogP contribution < -0.4 is 5.73 Å². The summed E-state index contributed by atoms with van der Waals surface area (Å²) in [5, 5.41) is 0. The zero-order chi connectivity index (χ0) is 8.24. The Morgan fingerprint density at radius 2 is 1.60 bits per heavy atom. The fourth-order valence-corrected chi connectivity index (χ4v) is 0.167. The maximum absolute atomic E-state index is 4.91. The first-order valence-corrected chi connectivity index (χ1v) is 3.12. The largest absolute Gasteiger partial charge is 0.382 e. The van der Waals surface area contributed by atoms with E-state index in [0.29, 0.717) is 19.8 Å². The molecule has 0 aromatic heterocycles. The number of rotatable bonds is 4. The molecule has 0 unspecified atom stereocenters. The van der Waals surface area contributed by atoms with Crippen molar-refractivity contribution in [1.29, 1.82) is 0 Å². The number of nitrogens with two attached hydrogens (primary N) is 1. The fourth-order valence-electron chi connectivity index (χ4n) is 0.167. The molecule has 0 spiro atoms. The molecule has 3 nitrogen and oxygen atoms in total. The van der Waals surface area contributed by atoms with E-state index in [2.05, 4.69) is 16.1 Å². The molecule has 2 N–H and O–H groups in total. The maximum atomic E-state index is 4.91. The van der Waals surface area contributed by atoms with Crippen molar-refractivity contribution in [3.63, 3.8) is 0 Å². The van der Waals surface area contributed by atoms with Gasteiger partial charge in [-0.3, -0.25) is 0 Å². The van der Waals surface area contributed by atoms with Crippen LogP contribution in [0, 0.1) is 0 Å². The number of hydrogen-bond donors (Lipinski definition) is 1. The Bertz CT molecular complexity index is 53.6. The number of methoxy groups -OCH3 is 2. The molecular formula is C7H17NO2. The van der Waals surface area contributed by atoms with Gasteiger partial charge in [0.05, 0.1) is 13.2 Å². The number of hydrogen-bond acceptors (Lipinski definition) is 3. The van der Waals surface area contributed by atoms with E-state index in [4.69, 9.17) is 5.73 Å². The highest BCUT2D eigenvalue weighted by atomic mass is 16.5. The monoisotopic (exact) mass is 147 g/mol. The van der Waals surface area contributed by atoms with Crippen molar-refractivity contribution in [2.75, 3.05) is 34.0 Å². The molecule has 0 aromatic carbocycles. The normalized spacial score (nSPS) is 7.90. The molecule has 0 fully saturated rings. The summed E-state index contributed by atoms with van der Waals surface area (Å²) in [6.45, 7) is 5.32. The van der Waals surface area contributed by atoms with Crippen molar-refractivity contribution in [2.24, 2.45) is 5.73 Å². The van der Waals surface area contributed by atoms with Gasteiger partial charge in [-0.1, -0.05) is 6.08 Å². The average molecular weight is 147 g/mol. The number of ether oxygens (including phenoxy) is 2. The summed E-state index contributed by atoms with van der Waals surface area (Å²) in [4.78, 5) is 0. The van der Waals surface area contributed by atoms with Crippen molar-refractivity contribution in [2.45, 2.75) is 0 Å². The molecule has 3 heteroatoms. The van der Waals surface area contributed by atoms with E-state index in [0.717, 1.165) is 0 Å². The SMILES string of the molecule is C=CCN.COCCOC. The molecule has 0 radical (unpaired) electrons. The molecular weight excluding hydrogens is 130 g/mol. The van der Waals surface area contributed by atoms with E-state index in [-0.39, 0.29) is 0 Å². The van der Waals surface area contributed by atoms with E-state index < -0.39 is 0 Å². The summed E-state index contributed by atoms with van der Waals surface area (Å²) in [5.74, 6) is 0. The van der Waals surface area contributed by atoms with Crippen LogP contribution in [0.2, 0.25) is 0 Å². The van der Waals surface area contributed by atoms with Gasteiger partial charge in [0.1, 0.15) is 0 Å². The predicted molar refractivity (Wildman–Crippen MR) is 43.0 cm³/mol. The van der Waals surface area contributed by atoms with Gasteiger partial charge in [-0.05, 0) is 0 Å². The van der Waals surface area contributed by atoms with Gasteiger partial charge in [0.15, 0.2) is 0 Å². The van der Waals surface area contributed by atoms with Crippen molar-refractivity contribution in [3.05, 3.63) is 12.7 Å². The molecule has 0 amide bonds. The highest BCUT2D eigenvalue weighted by Crippen LogP contribution is 1.65. The van der Waals surface area contributed by atoms with Gasteiger partial charge in [0, 0.05) is 20.8 Å². The summed E-state index contributed by atoms with van der Waals surface area (Å²) < 4.78 is 9.31. The molecule has 0 saturated carbocycles. The molecule has 10 heavy (non-hydrogen) atoms. The maximum Gasteiger partial charge on any atom is 0.0696 e. The van der Waals surface area contributed by atoms with Crippen LogP contribution in [0.4, 0.5) is 0 Å². The van der Waals surface area contributed by atoms with Crippen molar-refractivity contribution >= 4 is 0 Å². The second-order valence-corrected chi connectivity index (χ2v) is 1.51. The lowest BCUT2D eigenvalue weighted by atomic mass is 10.7. The van der Waals surface area contributed by atoms with Crippen LogP contribution in [0.1, 0.15) is 0 Å². The topological polar surface area (TPSA) is 44.5 Å². The predicted octanol–water partition coefficient (Wildman–Crippen LogP) is 0.410. The first-order chi connectivity index (χ1) is 4.83. The molecule has 62 valence electrons. The molecule has 0 aliphatic heterocycles. The molecule has 0 aliphatic carbocycles. The smallest absolute Gasteiger partial charge is 0.0696 e. The van der Waals surface area contributed by atoms with E-state index in [1.54, 1.807) is 20.3 Å². The van der Waals surface area contributed by atoms with Crippen molar-refractivity contribution in [3.8, 4) is 0 Å². The minimum atomic E-state index is 0.583. The third kappa shape index (κ3) is 25.5. The summed E-state index contributed by atoms with van der Waals surface area (Å²) in [7, 11) is 3.30. The second kappa shape index (κ2) is 15.8. The molecule has 0 bridgehead atoms. The van der Waals surface area contributed by atoms with Gasteiger partial charge in [-0.15, -0.1) is 6.58 Å².